The van der Waals surface area contributed by atoms with E-state index in [0.29, 0.717) is 13.1 Å². The van der Waals surface area contributed by atoms with Crippen molar-refractivity contribution in [2.24, 2.45) is 7.05 Å². The lowest BCUT2D eigenvalue weighted by molar-refractivity contribution is 0.564. The van der Waals surface area contributed by atoms with Crippen molar-refractivity contribution >= 4 is 10.0 Å². The van der Waals surface area contributed by atoms with Crippen LogP contribution in [0.2, 0.25) is 0 Å². The Labute approximate surface area is 102 Å². The molecule has 0 aliphatic carbocycles. The summed E-state index contributed by atoms with van der Waals surface area (Å²) in [6.07, 6.45) is 3.69. The molecule has 0 aliphatic rings. The molecule has 0 amide bonds. The van der Waals surface area contributed by atoms with Gasteiger partial charge in [-0.2, -0.15) is 5.10 Å². The molecule has 2 N–H and O–H groups in total. The van der Waals surface area contributed by atoms with Crippen LogP contribution in [-0.2, 0) is 17.1 Å². The van der Waals surface area contributed by atoms with E-state index in [1.807, 2.05) is 20.2 Å². The van der Waals surface area contributed by atoms with Crippen molar-refractivity contribution in [1.29, 1.82) is 0 Å². The fourth-order valence-electron chi connectivity index (χ4n) is 1.48. The third-order valence-electron chi connectivity index (χ3n) is 2.41. The molecule has 98 valence electrons. The minimum Gasteiger partial charge on any atom is -0.309 e. The van der Waals surface area contributed by atoms with Crippen molar-refractivity contribution in [1.82, 2.24) is 19.8 Å². The molecule has 0 spiro atoms. The van der Waals surface area contributed by atoms with Gasteiger partial charge in [0.2, 0.25) is 10.0 Å². The monoisotopic (exact) mass is 260 g/mol. The zero-order valence-corrected chi connectivity index (χ0v) is 11.3. The van der Waals surface area contributed by atoms with Crippen LogP contribution >= 0.6 is 0 Å². The van der Waals surface area contributed by atoms with Crippen molar-refractivity contribution in [3.05, 3.63) is 18.0 Å². The lowest BCUT2D eigenvalue weighted by atomic mass is 10.2. The Kier molecular flexibility index (Phi) is 5.10. The Morgan fingerprint density at radius 2 is 2.24 bits per heavy atom. The SMILES string of the molecule is CCNS(=O)(=O)CCNC(C)c1cnn(C)c1. The maximum Gasteiger partial charge on any atom is 0.212 e. The number of aromatic nitrogens is 2. The van der Waals surface area contributed by atoms with Crippen molar-refractivity contribution in [2.75, 3.05) is 18.8 Å². The summed E-state index contributed by atoms with van der Waals surface area (Å²) >= 11 is 0. The van der Waals surface area contributed by atoms with Gasteiger partial charge >= 0.3 is 0 Å². The molecule has 0 fully saturated rings. The molecule has 0 aliphatic heterocycles. The number of rotatable bonds is 7. The van der Waals surface area contributed by atoms with E-state index >= 15 is 0 Å². The zero-order chi connectivity index (χ0) is 12.9. The molecule has 0 bridgehead atoms. The lowest BCUT2D eigenvalue weighted by Crippen LogP contribution is -2.32. The average Bonchev–Trinajstić information content (AvgIpc) is 2.64. The zero-order valence-electron chi connectivity index (χ0n) is 10.5. The van der Waals surface area contributed by atoms with Crippen LogP contribution < -0.4 is 10.0 Å². The minimum atomic E-state index is -3.14. The summed E-state index contributed by atoms with van der Waals surface area (Å²) in [4.78, 5) is 0. The molecule has 0 saturated carbocycles. The summed E-state index contributed by atoms with van der Waals surface area (Å²) in [6.45, 7) is 4.60. The quantitative estimate of drug-likeness (QED) is 0.724. The first-order chi connectivity index (χ1) is 7.94. The maximum absolute atomic E-state index is 11.4. The second-order valence-electron chi connectivity index (χ2n) is 3.94. The molecular weight excluding hydrogens is 240 g/mol. The van der Waals surface area contributed by atoms with Gasteiger partial charge in [0.15, 0.2) is 0 Å². The van der Waals surface area contributed by atoms with Crippen LogP contribution in [0, 0.1) is 0 Å². The molecule has 1 atom stereocenters. The highest BCUT2D eigenvalue weighted by atomic mass is 32.2. The topological polar surface area (TPSA) is 76.0 Å². The summed E-state index contributed by atoms with van der Waals surface area (Å²) in [5.74, 6) is 0.0887. The van der Waals surface area contributed by atoms with Gasteiger partial charge in [0.1, 0.15) is 0 Å². The van der Waals surface area contributed by atoms with Gasteiger partial charge in [0.05, 0.1) is 11.9 Å². The Hall–Kier alpha value is -0.920. The highest BCUT2D eigenvalue weighted by Crippen LogP contribution is 2.09. The fraction of sp³-hybridized carbons (Fsp3) is 0.700. The van der Waals surface area contributed by atoms with Gasteiger partial charge in [-0.3, -0.25) is 4.68 Å². The number of hydrogen-bond acceptors (Lipinski definition) is 4. The second kappa shape index (κ2) is 6.13. The highest BCUT2D eigenvalue weighted by molar-refractivity contribution is 7.89. The molecule has 7 heteroatoms. The van der Waals surface area contributed by atoms with Crippen molar-refractivity contribution in [3.63, 3.8) is 0 Å². The second-order valence-corrected chi connectivity index (χ2v) is 5.87. The normalized spacial score (nSPS) is 13.8. The van der Waals surface area contributed by atoms with Gasteiger partial charge in [-0.15, -0.1) is 0 Å². The molecule has 0 radical (unpaired) electrons. The predicted octanol–water partition coefficient (Wildman–Crippen LogP) is 0.0100. The van der Waals surface area contributed by atoms with Gasteiger partial charge in [0.25, 0.3) is 0 Å². The van der Waals surface area contributed by atoms with E-state index in [9.17, 15) is 8.42 Å². The number of aryl methyl sites for hydroxylation is 1. The van der Waals surface area contributed by atoms with E-state index < -0.39 is 10.0 Å². The van der Waals surface area contributed by atoms with E-state index in [0.717, 1.165) is 5.56 Å². The smallest absolute Gasteiger partial charge is 0.212 e. The van der Waals surface area contributed by atoms with E-state index in [-0.39, 0.29) is 11.8 Å². The van der Waals surface area contributed by atoms with Gasteiger partial charge in [0, 0.05) is 37.9 Å². The van der Waals surface area contributed by atoms with Gasteiger partial charge < -0.3 is 5.32 Å². The summed E-state index contributed by atoms with van der Waals surface area (Å²) in [5, 5.41) is 7.22. The van der Waals surface area contributed by atoms with Crippen molar-refractivity contribution < 1.29 is 8.42 Å². The minimum absolute atomic E-state index is 0.0887. The summed E-state index contributed by atoms with van der Waals surface area (Å²) in [5.41, 5.74) is 1.05. The number of sulfonamides is 1. The lowest BCUT2D eigenvalue weighted by Gasteiger charge is -2.12. The molecule has 6 nitrogen and oxygen atoms in total. The number of hydrogen-bond donors (Lipinski definition) is 2. The number of nitrogens with zero attached hydrogens (tertiary/aromatic N) is 2. The molecule has 1 aromatic heterocycles. The van der Waals surface area contributed by atoms with Crippen LogP contribution in [0.15, 0.2) is 12.4 Å². The molecule has 17 heavy (non-hydrogen) atoms. The first-order valence-electron chi connectivity index (χ1n) is 5.64. The Balaban J connectivity index is 2.37. The molecule has 1 heterocycles. The third-order valence-corrected chi connectivity index (χ3v) is 3.88. The molecule has 1 aromatic rings. The summed E-state index contributed by atoms with van der Waals surface area (Å²) < 4.78 is 27.0. The van der Waals surface area contributed by atoms with Crippen LogP contribution in [0.1, 0.15) is 25.5 Å². The summed E-state index contributed by atoms with van der Waals surface area (Å²) in [7, 11) is -1.28. The van der Waals surface area contributed by atoms with Gasteiger partial charge in [-0.25, -0.2) is 13.1 Å². The van der Waals surface area contributed by atoms with Crippen molar-refractivity contribution in [2.45, 2.75) is 19.9 Å². The standard InChI is InChI=1S/C10H20N4O2S/c1-4-13-17(15,16)6-5-11-9(2)10-7-12-14(3)8-10/h7-9,11,13H,4-6H2,1-3H3. The molecule has 1 unspecified atom stereocenters. The first kappa shape index (κ1) is 14.1. The largest absolute Gasteiger partial charge is 0.309 e. The van der Waals surface area contributed by atoms with Gasteiger partial charge in [-0.05, 0) is 6.92 Å². The first-order valence-corrected chi connectivity index (χ1v) is 7.29. The Morgan fingerprint density at radius 3 is 2.76 bits per heavy atom. The van der Waals surface area contributed by atoms with E-state index in [4.69, 9.17) is 0 Å². The molecule has 0 aromatic carbocycles. The van der Waals surface area contributed by atoms with E-state index in [2.05, 4.69) is 15.1 Å². The maximum atomic E-state index is 11.4. The fourth-order valence-corrected chi connectivity index (χ4v) is 2.45. The number of nitrogens with one attached hydrogen (secondary N) is 2. The summed E-state index contributed by atoms with van der Waals surface area (Å²) in [6, 6.07) is 0.0977. The predicted molar refractivity (Wildman–Crippen MR) is 67.1 cm³/mol. The third kappa shape index (κ3) is 4.84. The van der Waals surface area contributed by atoms with Gasteiger partial charge in [-0.1, -0.05) is 6.92 Å². The molecule has 1 rings (SSSR count). The van der Waals surface area contributed by atoms with Crippen LogP contribution in [0.4, 0.5) is 0 Å². The highest BCUT2D eigenvalue weighted by Gasteiger charge is 2.10. The van der Waals surface area contributed by atoms with E-state index in [1.165, 1.54) is 0 Å². The molecule has 0 saturated heterocycles. The van der Waals surface area contributed by atoms with Crippen LogP contribution in [0.5, 0.6) is 0 Å². The molecular formula is C10H20N4O2S. The Bertz CT molecular complexity index is 441. The van der Waals surface area contributed by atoms with E-state index in [1.54, 1.807) is 17.8 Å². The van der Waals surface area contributed by atoms with Crippen molar-refractivity contribution in [3.8, 4) is 0 Å². The van der Waals surface area contributed by atoms with Crippen LogP contribution in [-0.4, -0.2) is 37.0 Å². The average molecular weight is 260 g/mol. The van der Waals surface area contributed by atoms with Crippen LogP contribution in [0.3, 0.4) is 0 Å². The van der Waals surface area contributed by atoms with Crippen LogP contribution in [0.25, 0.3) is 0 Å². The Morgan fingerprint density at radius 1 is 1.53 bits per heavy atom.